The molecule has 0 aliphatic carbocycles. The van der Waals surface area contributed by atoms with Crippen molar-refractivity contribution in [3.63, 3.8) is 0 Å². The van der Waals surface area contributed by atoms with E-state index >= 15 is 0 Å². The number of rotatable bonds is 7. The molecule has 0 radical (unpaired) electrons. The summed E-state index contributed by atoms with van der Waals surface area (Å²) in [4.78, 5) is 17.8. The van der Waals surface area contributed by atoms with Gasteiger partial charge in [-0.1, -0.05) is 6.92 Å². The van der Waals surface area contributed by atoms with Gasteiger partial charge in [-0.3, -0.25) is 14.9 Å². The number of hydrogen-bond donors (Lipinski definition) is 1. The summed E-state index contributed by atoms with van der Waals surface area (Å²) in [5.74, 6) is 1.50. The van der Waals surface area contributed by atoms with Gasteiger partial charge in [0.2, 0.25) is 0 Å². The van der Waals surface area contributed by atoms with E-state index in [1.54, 1.807) is 18.9 Å². The standard InChI is InChI=1S/C22H25N3O3/c1-5-14-23-15(2)20-21(16-6-10-18(27-3)11-7-16)24-25(22(20)26)17-8-12-19(28-4)13-9-17/h6-13,24H,5,14H2,1-4H3. The van der Waals surface area contributed by atoms with Crippen LogP contribution in [0.4, 0.5) is 0 Å². The molecule has 0 spiro atoms. The van der Waals surface area contributed by atoms with E-state index < -0.39 is 0 Å². The number of nitrogens with one attached hydrogen (secondary N) is 1. The third-order valence-electron chi connectivity index (χ3n) is 4.53. The van der Waals surface area contributed by atoms with E-state index in [9.17, 15) is 4.79 Å². The van der Waals surface area contributed by atoms with E-state index in [0.717, 1.165) is 40.6 Å². The zero-order chi connectivity index (χ0) is 20.1. The molecular weight excluding hydrogens is 354 g/mol. The minimum atomic E-state index is -0.131. The average Bonchev–Trinajstić information content (AvgIpc) is 3.09. The summed E-state index contributed by atoms with van der Waals surface area (Å²) in [7, 11) is 3.24. The lowest BCUT2D eigenvalue weighted by Crippen LogP contribution is -2.19. The number of H-pyrrole nitrogens is 1. The highest BCUT2D eigenvalue weighted by Gasteiger charge is 2.19. The second kappa shape index (κ2) is 8.61. The van der Waals surface area contributed by atoms with Gasteiger partial charge in [0.1, 0.15) is 11.5 Å². The number of hydrogen-bond acceptors (Lipinski definition) is 4. The molecule has 146 valence electrons. The Kier molecular flexibility index (Phi) is 5.99. The molecule has 6 heteroatoms. The van der Waals surface area contributed by atoms with Crippen LogP contribution in [-0.2, 0) is 0 Å². The van der Waals surface area contributed by atoms with E-state index in [0.29, 0.717) is 12.1 Å². The maximum atomic E-state index is 13.2. The highest BCUT2D eigenvalue weighted by Crippen LogP contribution is 2.24. The summed E-state index contributed by atoms with van der Waals surface area (Å²) in [5.41, 5.74) is 3.53. The molecule has 3 aromatic rings. The Labute approximate surface area is 164 Å². The van der Waals surface area contributed by atoms with E-state index in [1.807, 2.05) is 55.5 Å². The van der Waals surface area contributed by atoms with Crippen molar-refractivity contribution < 1.29 is 9.47 Å². The highest BCUT2D eigenvalue weighted by molar-refractivity contribution is 6.03. The molecule has 6 nitrogen and oxygen atoms in total. The molecule has 0 unspecified atom stereocenters. The Morgan fingerprint density at radius 1 is 1.00 bits per heavy atom. The Balaban J connectivity index is 2.16. The maximum Gasteiger partial charge on any atom is 0.280 e. The van der Waals surface area contributed by atoms with Crippen LogP contribution in [0, 0.1) is 0 Å². The van der Waals surface area contributed by atoms with Gasteiger partial charge in [-0.15, -0.1) is 0 Å². The molecule has 0 amide bonds. The normalized spacial score (nSPS) is 11.5. The molecule has 0 aliphatic rings. The van der Waals surface area contributed by atoms with Crippen LogP contribution in [0.3, 0.4) is 0 Å². The average molecular weight is 379 g/mol. The largest absolute Gasteiger partial charge is 0.497 e. The van der Waals surface area contributed by atoms with Crippen LogP contribution >= 0.6 is 0 Å². The lowest BCUT2D eigenvalue weighted by Gasteiger charge is -2.05. The van der Waals surface area contributed by atoms with Crippen LogP contribution in [0.25, 0.3) is 16.9 Å². The topological polar surface area (TPSA) is 68.6 Å². The lowest BCUT2D eigenvalue weighted by atomic mass is 10.0. The minimum Gasteiger partial charge on any atom is -0.497 e. The van der Waals surface area contributed by atoms with Crippen molar-refractivity contribution in [3.8, 4) is 28.4 Å². The van der Waals surface area contributed by atoms with E-state index in [-0.39, 0.29) is 5.56 Å². The zero-order valence-electron chi connectivity index (χ0n) is 16.7. The molecular formula is C22H25N3O3. The number of benzene rings is 2. The van der Waals surface area contributed by atoms with Gasteiger partial charge in [0, 0.05) is 17.8 Å². The number of methoxy groups -OCH3 is 2. The number of aromatic amines is 1. The second-order valence-electron chi connectivity index (χ2n) is 6.40. The first-order valence-corrected chi connectivity index (χ1v) is 9.24. The van der Waals surface area contributed by atoms with E-state index in [4.69, 9.17) is 9.47 Å². The molecule has 2 aromatic carbocycles. The van der Waals surface area contributed by atoms with Gasteiger partial charge >= 0.3 is 0 Å². The minimum absolute atomic E-state index is 0.131. The quantitative estimate of drug-likeness (QED) is 0.629. The van der Waals surface area contributed by atoms with Crippen LogP contribution in [0.1, 0.15) is 25.8 Å². The molecule has 0 bridgehead atoms. The summed E-state index contributed by atoms with van der Waals surface area (Å²) >= 11 is 0. The SMILES string of the molecule is CCCN=C(C)c1c(-c2ccc(OC)cc2)[nH]n(-c2ccc(OC)cc2)c1=O. The molecule has 0 aliphatic heterocycles. The fourth-order valence-corrected chi connectivity index (χ4v) is 3.01. The molecule has 0 saturated heterocycles. The van der Waals surface area contributed by atoms with Gasteiger partial charge in [-0.05, 0) is 61.9 Å². The summed E-state index contributed by atoms with van der Waals surface area (Å²) in [6.45, 7) is 4.63. The van der Waals surface area contributed by atoms with Crippen LogP contribution in [0.2, 0.25) is 0 Å². The molecule has 28 heavy (non-hydrogen) atoms. The summed E-state index contributed by atoms with van der Waals surface area (Å²) < 4.78 is 12.0. The zero-order valence-corrected chi connectivity index (χ0v) is 16.7. The maximum absolute atomic E-state index is 13.2. The van der Waals surface area contributed by atoms with Crippen molar-refractivity contribution in [1.29, 1.82) is 0 Å². The van der Waals surface area contributed by atoms with Gasteiger partial charge < -0.3 is 9.47 Å². The highest BCUT2D eigenvalue weighted by atomic mass is 16.5. The van der Waals surface area contributed by atoms with E-state index in [2.05, 4.69) is 17.0 Å². The first kappa shape index (κ1) is 19.5. The Morgan fingerprint density at radius 3 is 2.11 bits per heavy atom. The molecule has 1 heterocycles. The van der Waals surface area contributed by atoms with Crippen LogP contribution in [-0.4, -0.2) is 36.3 Å². The molecule has 1 aromatic heterocycles. The molecule has 3 rings (SSSR count). The van der Waals surface area contributed by atoms with Gasteiger partial charge in [0.15, 0.2) is 0 Å². The Hall–Kier alpha value is -3.28. The van der Waals surface area contributed by atoms with Crippen molar-refractivity contribution in [3.05, 3.63) is 64.4 Å². The van der Waals surface area contributed by atoms with Crippen LogP contribution in [0.5, 0.6) is 11.5 Å². The van der Waals surface area contributed by atoms with Crippen molar-refractivity contribution in [1.82, 2.24) is 9.78 Å². The number of aliphatic imine (C=N–C) groups is 1. The summed E-state index contributed by atoms with van der Waals surface area (Å²) in [5, 5.41) is 3.26. The van der Waals surface area contributed by atoms with Crippen molar-refractivity contribution in [2.24, 2.45) is 4.99 Å². The van der Waals surface area contributed by atoms with Gasteiger partial charge in [0.25, 0.3) is 5.56 Å². The Bertz CT molecular complexity index is 1010. The van der Waals surface area contributed by atoms with Crippen LogP contribution < -0.4 is 15.0 Å². The third-order valence-corrected chi connectivity index (χ3v) is 4.53. The van der Waals surface area contributed by atoms with Gasteiger partial charge in [-0.25, -0.2) is 4.68 Å². The van der Waals surface area contributed by atoms with E-state index in [1.165, 1.54) is 0 Å². The second-order valence-corrected chi connectivity index (χ2v) is 6.40. The smallest absolute Gasteiger partial charge is 0.280 e. The molecule has 0 fully saturated rings. The summed E-state index contributed by atoms with van der Waals surface area (Å²) in [6, 6.07) is 15.0. The predicted octanol–water partition coefficient (Wildman–Crippen LogP) is 4.07. The molecule has 0 atom stereocenters. The van der Waals surface area contributed by atoms with Crippen LogP contribution in [0.15, 0.2) is 58.3 Å². The third kappa shape index (κ3) is 3.86. The number of aromatic nitrogens is 2. The van der Waals surface area contributed by atoms with Gasteiger partial charge in [-0.2, -0.15) is 0 Å². The van der Waals surface area contributed by atoms with Gasteiger partial charge in [0.05, 0.1) is 31.2 Å². The first-order valence-electron chi connectivity index (χ1n) is 9.24. The number of nitrogens with zero attached hydrogens (tertiary/aromatic N) is 2. The monoisotopic (exact) mass is 379 g/mol. The molecule has 1 N–H and O–H groups in total. The predicted molar refractivity (Wildman–Crippen MR) is 112 cm³/mol. The van der Waals surface area contributed by atoms with Crippen molar-refractivity contribution in [2.45, 2.75) is 20.3 Å². The Morgan fingerprint density at radius 2 is 1.57 bits per heavy atom. The first-order chi connectivity index (χ1) is 13.6. The van der Waals surface area contributed by atoms with Crippen molar-refractivity contribution in [2.75, 3.05) is 20.8 Å². The van der Waals surface area contributed by atoms with Crippen molar-refractivity contribution >= 4 is 5.71 Å². The summed E-state index contributed by atoms with van der Waals surface area (Å²) in [6.07, 6.45) is 0.923. The fourth-order valence-electron chi connectivity index (χ4n) is 3.01. The molecule has 0 saturated carbocycles. The lowest BCUT2D eigenvalue weighted by molar-refractivity contribution is 0.414. The fraction of sp³-hybridized carbons (Fsp3) is 0.273. The number of ether oxygens (including phenoxy) is 2.